The van der Waals surface area contributed by atoms with E-state index in [1.54, 1.807) is 0 Å². The number of hydrogen-bond donors (Lipinski definition) is 2. The summed E-state index contributed by atoms with van der Waals surface area (Å²) >= 11 is 0. The van der Waals surface area contributed by atoms with E-state index < -0.39 is 0 Å². The van der Waals surface area contributed by atoms with Crippen LogP contribution in [-0.4, -0.2) is 30.1 Å². The second-order valence-corrected chi connectivity index (χ2v) is 5.67. The lowest BCUT2D eigenvalue weighted by atomic mass is 9.92. The highest BCUT2D eigenvalue weighted by atomic mass is 16.5. The van der Waals surface area contributed by atoms with Gasteiger partial charge < -0.3 is 15.0 Å². The van der Waals surface area contributed by atoms with Crippen LogP contribution in [0, 0.1) is 5.92 Å². The van der Waals surface area contributed by atoms with E-state index in [2.05, 4.69) is 31.1 Å². The first-order valence-corrected chi connectivity index (χ1v) is 7.15. The van der Waals surface area contributed by atoms with Crippen LogP contribution in [-0.2, 0) is 4.74 Å². The van der Waals surface area contributed by atoms with Gasteiger partial charge in [-0.2, -0.15) is 0 Å². The Labute approximate surface area is 114 Å². The molecule has 0 aliphatic carbocycles. The molecule has 1 aliphatic rings. The molecule has 1 fully saturated rings. The molecule has 1 unspecified atom stereocenters. The van der Waals surface area contributed by atoms with Crippen LogP contribution in [0.15, 0.2) is 12.3 Å². The zero-order valence-corrected chi connectivity index (χ0v) is 12.0. The van der Waals surface area contributed by atoms with E-state index in [9.17, 15) is 4.79 Å². The Morgan fingerprint density at radius 1 is 1.37 bits per heavy atom. The van der Waals surface area contributed by atoms with Crippen LogP contribution in [0.4, 0.5) is 0 Å². The molecule has 0 aromatic carbocycles. The summed E-state index contributed by atoms with van der Waals surface area (Å²) in [7, 11) is 0. The number of nitrogens with one attached hydrogen (secondary N) is 2. The van der Waals surface area contributed by atoms with Crippen molar-refractivity contribution in [3.63, 3.8) is 0 Å². The fourth-order valence-corrected chi connectivity index (χ4v) is 2.68. The number of aromatic nitrogens is 1. The van der Waals surface area contributed by atoms with E-state index >= 15 is 0 Å². The molecule has 0 spiro atoms. The van der Waals surface area contributed by atoms with Crippen molar-refractivity contribution < 1.29 is 9.53 Å². The molecule has 0 radical (unpaired) electrons. The molecule has 1 amide bonds. The van der Waals surface area contributed by atoms with Gasteiger partial charge in [-0.15, -0.1) is 0 Å². The van der Waals surface area contributed by atoms with Crippen molar-refractivity contribution >= 4 is 5.91 Å². The standard InChI is InChI=1S/C15H24N2O2/c1-10(2)14-13(4-7-16-14)15(18)17-11(3)12-5-8-19-9-6-12/h4,7,10-12,16H,5-6,8-9H2,1-3H3,(H,17,18). The molecule has 1 aliphatic heterocycles. The minimum atomic E-state index is 0.0314. The summed E-state index contributed by atoms with van der Waals surface area (Å²) < 4.78 is 5.36. The number of H-pyrrole nitrogens is 1. The summed E-state index contributed by atoms with van der Waals surface area (Å²) in [5, 5.41) is 3.13. The topological polar surface area (TPSA) is 54.1 Å². The van der Waals surface area contributed by atoms with Gasteiger partial charge in [-0.25, -0.2) is 0 Å². The van der Waals surface area contributed by atoms with Gasteiger partial charge in [0, 0.05) is 31.1 Å². The van der Waals surface area contributed by atoms with Crippen LogP contribution in [0.25, 0.3) is 0 Å². The van der Waals surface area contributed by atoms with Gasteiger partial charge >= 0.3 is 0 Å². The summed E-state index contributed by atoms with van der Waals surface area (Å²) in [6, 6.07) is 2.06. The molecular weight excluding hydrogens is 240 g/mol. The SMILES string of the molecule is CC(C)c1[nH]ccc1C(=O)NC(C)C1CCOCC1. The predicted molar refractivity (Wildman–Crippen MR) is 75.4 cm³/mol. The molecule has 1 aromatic rings. The number of ether oxygens (including phenoxy) is 1. The van der Waals surface area contributed by atoms with Gasteiger partial charge in [0.2, 0.25) is 0 Å². The van der Waals surface area contributed by atoms with Crippen LogP contribution in [0.1, 0.15) is 55.6 Å². The Morgan fingerprint density at radius 2 is 2.05 bits per heavy atom. The Morgan fingerprint density at radius 3 is 2.68 bits per heavy atom. The van der Waals surface area contributed by atoms with Gasteiger partial charge in [-0.1, -0.05) is 13.8 Å². The molecule has 1 atom stereocenters. The van der Waals surface area contributed by atoms with Crippen LogP contribution in [0.5, 0.6) is 0 Å². The molecule has 4 nitrogen and oxygen atoms in total. The van der Waals surface area contributed by atoms with Crippen molar-refractivity contribution in [3.05, 3.63) is 23.5 Å². The van der Waals surface area contributed by atoms with Gasteiger partial charge in [-0.05, 0) is 37.7 Å². The van der Waals surface area contributed by atoms with Crippen molar-refractivity contribution in [3.8, 4) is 0 Å². The van der Waals surface area contributed by atoms with E-state index in [1.807, 2.05) is 12.3 Å². The molecule has 4 heteroatoms. The highest BCUT2D eigenvalue weighted by Gasteiger charge is 2.23. The number of amides is 1. The monoisotopic (exact) mass is 264 g/mol. The van der Waals surface area contributed by atoms with Crippen LogP contribution < -0.4 is 5.32 Å². The summed E-state index contributed by atoms with van der Waals surface area (Å²) in [5.74, 6) is 0.886. The van der Waals surface area contributed by atoms with Crippen molar-refractivity contribution in [1.82, 2.24) is 10.3 Å². The Bertz CT molecular complexity index is 420. The Hall–Kier alpha value is -1.29. The molecule has 1 aromatic heterocycles. The molecule has 2 N–H and O–H groups in total. The fraction of sp³-hybridized carbons (Fsp3) is 0.667. The number of carbonyl (C=O) groups excluding carboxylic acids is 1. The second kappa shape index (κ2) is 6.24. The minimum Gasteiger partial charge on any atom is -0.381 e. The Kier molecular flexibility index (Phi) is 4.64. The third kappa shape index (κ3) is 3.38. The summed E-state index contributed by atoms with van der Waals surface area (Å²) in [4.78, 5) is 15.5. The van der Waals surface area contributed by atoms with Crippen LogP contribution in [0.2, 0.25) is 0 Å². The fourth-order valence-electron chi connectivity index (χ4n) is 2.68. The number of carbonyl (C=O) groups is 1. The first kappa shape index (κ1) is 14.1. The largest absolute Gasteiger partial charge is 0.381 e. The second-order valence-electron chi connectivity index (χ2n) is 5.67. The molecule has 19 heavy (non-hydrogen) atoms. The highest BCUT2D eigenvalue weighted by Crippen LogP contribution is 2.21. The summed E-state index contributed by atoms with van der Waals surface area (Å²) in [5.41, 5.74) is 1.78. The first-order valence-electron chi connectivity index (χ1n) is 7.15. The maximum atomic E-state index is 12.3. The third-order valence-corrected chi connectivity index (χ3v) is 3.93. The summed E-state index contributed by atoms with van der Waals surface area (Å²) in [6.07, 6.45) is 3.90. The maximum absolute atomic E-state index is 12.3. The molecule has 1 saturated heterocycles. The lowest BCUT2D eigenvalue weighted by Gasteiger charge is -2.28. The molecular formula is C15H24N2O2. The quantitative estimate of drug-likeness (QED) is 0.878. The average molecular weight is 264 g/mol. The minimum absolute atomic E-state index is 0.0314. The van der Waals surface area contributed by atoms with Gasteiger partial charge in [0.15, 0.2) is 0 Å². The van der Waals surface area contributed by atoms with Crippen LogP contribution >= 0.6 is 0 Å². The van der Waals surface area contributed by atoms with Gasteiger partial charge in [-0.3, -0.25) is 4.79 Å². The number of aromatic amines is 1. The van der Waals surface area contributed by atoms with Crippen molar-refractivity contribution in [2.24, 2.45) is 5.92 Å². The van der Waals surface area contributed by atoms with Crippen molar-refractivity contribution in [2.75, 3.05) is 13.2 Å². The van der Waals surface area contributed by atoms with Crippen molar-refractivity contribution in [1.29, 1.82) is 0 Å². The molecule has 2 rings (SSSR count). The lowest BCUT2D eigenvalue weighted by molar-refractivity contribution is 0.0538. The molecule has 0 saturated carbocycles. The maximum Gasteiger partial charge on any atom is 0.253 e. The van der Waals surface area contributed by atoms with E-state index in [4.69, 9.17) is 4.74 Å². The normalized spacial score (nSPS) is 18.5. The lowest BCUT2D eigenvalue weighted by Crippen LogP contribution is -2.40. The van der Waals surface area contributed by atoms with Gasteiger partial charge in [0.05, 0.1) is 5.56 Å². The molecule has 2 heterocycles. The van der Waals surface area contributed by atoms with Gasteiger partial charge in [0.1, 0.15) is 0 Å². The highest BCUT2D eigenvalue weighted by molar-refractivity contribution is 5.95. The number of rotatable bonds is 4. The zero-order valence-electron chi connectivity index (χ0n) is 12.0. The van der Waals surface area contributed by atoms with E-state index in [0.29, 0.717) is 11.8 Å². The smallest absolute Gasteiger partial charge is 0.253 e. The summed E-state index contributed by atoms with van der Waals surface area (Å²) in [6.45, 7) is 7.89. The molecule has 0 bridgehead atoms. The van der Waals surface area contributed by atoms with E-state index in [-0.39, 0.29) is 11.9 Å². The molecule has 106 valence electrons. The average Bonchev–Trinajstić information content (AvgIpc) is 2.89. The zero-order chi connectivity index (χ0) is 13.8. The van der Waals surface area contributed by atoms with Crippen molar-refractivity contribution in [2.45, 2.75) is 45.6 Å². The van der Waals surface area contributed by atoms with Crippen LogP contribution in [0.3, 0.4) is 0 Å². The Balaban J connectivity index is 1.98. The van der Waals surface area contributed by atoms with E-state index in [1.165, 1.54) is 0 Å². The van der Waals surface area contributed by atoms with Gasteiger partial charge in [0.25, 0.3) is 5.91 Å². The van der Waals surface area contributed by atoms with E-state index in [0.717, 1.165) is 37.3 Å². The number of hydrogen-bond acceptors (Lipinski definition) is 2. The predicted octanol–water partition coefficient (Wildman–Crippen LogP) is 2.68. The first-order chi connectivity index (χ1) is 9.09. The third-order valence-electron chi connectivity index (χ3n) is 3.93.